The van der Waals surface area contributed by atoms with Crippen LogP contribution in [-0.4, -0.2) is 35.8 Å². The first-order valence-electron chi connectivity index (χ1n) is 6.32. The Kier molecular flexibility index (Phi) is 4.79. The standard InChI is InChI=1S/C12H23NOS/c14-5-1-6-15-7-4-13-12-9-10-2-3-11(12)8-10/h10-14H,1-9H2. The lowest BCUT2D eigenvalue weighted by atomic mass is 9.95. The zero-order valence-electron chi connectivity index (χ0n) is 9.45. The molecule has 2 nitrogen and oxygen atoms in total. The van der Waals surface area contributed by atoms with Crippen LogP contribution in [0, 0.1) is 11.8 Å². The van der Waals surface area contributed by atoms with E-state index in [0.717, 1.165) is 36.6 Å². The number of aliphatic hydroxyl groups is 1. The van der Waals surface area contributed by atoms with E-state index in [-0.39, 0.29) is 0 Å². The van der Waals surface area contributed by atoms with Crippen LogP contribution >= 0.6 is 11.8 Å². The molecule has 0 saturated heterocycles. The van der Waals surface area contributed by atoms with E-state index in [1.165, 1.54) is 31.4 Å². The van der Waals surface area contributed by atoms with Gasteiger partial charge in [0.05, 0.1) is 0 Å². The molecule has 2 bridgehead atoms. The molecule has 0 aromatic heterocycles. The number of nitrogens with one attached hydrogen (secondary N) is 1. The van der Waals surface area contributed by atoms with Crippen molar-refractivity contribution in [3.05, 3.63) is 0 Å². The van der Waals surface area contributed by atoms with Crippen molar-refractivity contribution < 1.29 is 5.11 Å². The van der Waals surface area contributed by atoms with E-state index in [0.29, 0.717) is 6.61 Å². The summed E-state index contributed by atoms with van der Waals surface area (Å²) in [6, 6.07) is 0.835. The highest BCUT2D eigenvalue weighted by Gasteiger charge is 2.38. The fourth-order valence-corrected chi connectivity index (χ4v) is 3.88. The van der Waals surface area contributed by atoms with Gasteiger partial charge in [0.15, 0.2) is 0 Å². The summed E-state index contributed by atoms with van der Waals surface area (Å²) in [5.41, 5.74) is 0. The average Bonchev–Trinajstić information content (AvgIpc) is 2.85. The minimum atomic E-state index is 0.340. The fourth-order valence-electron chi connectivity index (χ4n) is 3.08. The van der Waals surface area contributed by atoms with Crippen molar-refractivity contribution in [1.82, 2.24) is 5.32 Å². The lowest BCUT2D eigenvalue weighted by Gasteiger charge is -2.22. The second kappa shape index (κ2) is 6.12. The maximum absolute atomic E-state index is 8.64. The van der Waals surface area contributed by atoms with Crippen LogP contribution in [0.1, 0.15) is 32.1 Å². The van der Waals surface area contributed by atoms with Crippen LogP contribution in [0.5, 0.6) is 0 Å². The van der Waals surface area contributed by atoms with E-state index in [1.807, 2.05) is 11.8 Å². The van der Waals surface area contributed by atoms with Gasteiger partial charge in [0, 0.05) is 24.9 Å². The Hall–Kier alpha value is 0.270. The predicted octanol–water partition coefficient (Wildman–Crippen LogP) is 1.88. The first-order chi connectivity index (χ1) is 7.40. The van der Waals surface area contributed by atoms with Crippen LogP contribution in [0.3, 0.4) is 0 Å². The lowest BCUT2D eigenvalue weighted by Crippen LogP contribution is -2.35. The summed E-state index contributed by atoms with van der Waals surface area (Å²) in [6.07, 6.45) is 6.84. The normalized spacial score (nSPS) is 33.8. The molecule has 0 heterocycles. The van der Waals surface area contributed by atoms with E-state index in [2.05, 4.69) is 5.32 Å². The maximum atomic E-state index is 8.64. The van der Waals surface area contributed by atoms with Crippen molar-refractivity contribution in [3.8, 4) is 0 Å². The number of rotatable bonds is 7. The smallest absolute Gasteiger partial charge is 0.0438 e. The summed E-state index contributed by atoms with van der Waals surface area (Å²) in [4.78, 5) is 0. The topological polar surface area (TPSA) is 32.3 Å². The quantitative estimate of drug-likeness (QED) is 0.654. The Bertz CT molecular complexity index is 188. The largest absolute Gasteiger partial charge is 0.396 e. The van der Waals surface area contributed by atoms with Gasteiger partial charge in [-0.05, 0) is 43.3 Å². The first-order valence-corrected chi connectivity index (χ1v) is 7.47. The minimum absolute atomic E-state index is 0.340. The van der Waals surface area contributed by atoms with Gasteiger partial charge in [0.25, 0.3) is 0 Å². The van der Waals surface area contributed by atoms with Crippen LogP contribution in [0.25, 0.3) is 0 Å². The second-order valence-corrected chi connectivity index (χ2v) is 6.15. The number of hydrogen-bond donors (Lipinski definition) is 2. The summed E-state index contributed by atoms with van der Waals surface area (Å²) in [5, 5.41) is 12.3. The zero-order chi connectivity index (χ0) is 10.5. The molecule has 2 fully saturated rings. The van der Waals surface area contributed by atoms with Crippen molar-refractivity contribution in [2.45, 2.75) is 38.1 Å². The monoisotopic (exact) mass is 229 g/mol. The Morgan fingerprint density at radius 3 is 2.80 bits per heavy atom. The molecule has 0 amide bonds. The number of aliphatic hydroxyl groups excluding tert-OH is 1. The summed E-state index contributed by atoms with van der Waals surface area (Å²) >= 11 is 1.96. The highest BCUT2D eigenvalue weighted by molar-refractivity contribution is 7.99. The Morgan fingerprint density at radius 2 is 2.13 bits per heavy atom. The van der Waals surface area contributed by atoms with Crippen LogP contribution in [0.15, 0.2) is 0 Å². The van der Waals surface area contributed by atoms with Crippen molar-refractivity contribution in [2.24, 2.45) is 11.8 Å². The van der Waals surface area contributed by atoms with Crippen LogP contribution in [-0.2, 0) is 0 Å². The second-order valence-electron chi connectivity index (χ2n) is 4.93. The molecule has 3 unspecified atom stereocenters. The van der Waals surface area contributed by atoms with Crippen LogP contribution < -0.4 is 5.32 Å². The van der Waals surface area contributed by atoms with E-state index < -0.39 is 0 Å². The van der Waals surface area contributed by atoms with Crippen molar-refractivity contribution in [1.29, 1.82) is 0 Å². The molecule has 2 N–H and O–H groups in total. The molecular formula is C12H23NOS. The molecule has 15 heavy (non-hydrogen) atoms. The molecule has 88 valence electrons. The molecule has 0 radical (unpaired) electrons. The molecule has 2 rings (SSSR count). The molecule has 0 spiro atoms. The Labute approximate surface area is 97.2 Å². The summed E-state index contributed by atoms with van der Waals surface area (Å²) in [5.74, 6) is 4.36. The lowest BCUT2D eigenvalue weighted by molar-refractivity contribution is 0.296. The number of hydrogen-bond acceptors (Lipinski definition) is 3. The summed E-state index contributed by atoms with van der Waals surface area (Å²) in [6.45, 7) is 1.50. The maximum Gasteiger partial charge on any atom is 0.0438 e. The molecule has 0 aromatic carbocycles. The van der Waals surface area contributed by atoms with Gasteiger partial charge < -0.3 is 10.4 Å². The van der Waals surface area contributed by atoms with Gasteiger partial charge in [-0.3, -0.25) is 0 Å². The third-order valence-corrected chi connectivity index (χ3v) is 4.91. The molecular weight excluding hydrogens is 206 g/mol. The Balaban J connectivity index is 1.48. The van der Waals surface area contributed by atoms with E-state index in [9.17, 15) is 0 Å². The summed E-state index contributed by atoms with van der Waals surface area (Å²) < 4.78 is 0. The van der Waals surface area contributed by atoms with Crippen molar-refractivity contribution >= 4 is 11.8 Å². The van der Waals surface area contributed by atoms with Gasteiger partial charge in [-0.25, -0.2) is 0 Å². The predicted molar refractivity (Wildman–Crippen MR) is 66.3 cm³/mol. The summed E-state index contributed by atoms with van der Waals surface area (Å²) in [7, 11) is 0. The highest BCUT2D eigenvalue weighted by Crippen LogP contribution is 2.44. The molecule has 2 aliphatic rings. The van der Waals surface area contributed by atoms with Gasteiger partial charge in [-0.1, -0.05) is 6.42 Å². The van der Waals surface area contributed by atoms with Gasteiger partial charge in [0.1, 0.15) is 0 Å². The van der Waals surface area contributed by atoms with Crippen molar-refractivity contribution in [3.63, 3.8) is 0 Å². The third kappa shape index (κ3) is 3.36. The Morgan fingerprint density at radius 1 is 1.20 bits per heavy atom. The van der Waals surface area contributed by atoms with Crippen LogP contribution in [0.2, 0.25) is 0 Å². The van der Waals surface area contributed by atoms with Gasteiger partial charge in [0.2, 0.25) is 0 Å². The van der Waals surface area contributed by atoms with Crippen LogP contribution in [0.4, 0.5) is 0 Å². The van der Waals surface area contributed by atoms with E-state index in [4.69, 9.17) is 5.11 Å². The average molecular weight is 229 g/mol. The SMILES string of the molecule is OCCCSCCNC1CC2CCC1C2. The molecule has 0 aromatic rings. The van der Waals surface area contributed by atoms with E-state index in [1.54, 1.807) is 0 Å². The first kappa shape index (κ1) is 11.7. The highest BCUT2D eigenvalue weighted by atomic mass is 32.2. The molecule has 0 aliphatic heterocycles. The molecule has 2 aliphatic carbocycles. The number of thioether (sulfide) groups is 1. The zero-order valence-corrected chi connectivity index (χ0v) is 10.3. The number of fused-ring (bicyclic) bond motifs is 2. The molecule has 3 atom stereocenters. The molecule has 3 heteroatoms. The molecule has 2 saturated carbocycles. The fraction of sp³-hybridized carbons (Fsp3) is 1.00. The van der Waals surface area contributed by atoms with Gasteiger partial charge in [-0.15, -0.1) is 0 Å². The van der Waals surface area contributed by atoms with Gasteiger partial charge in [-0.2, -0.15) is 11.8 Å². The minimum Gasteiger partial charge on any atom is -0.396 e. The van der Waals surface area contributed by atoms with Gasteiger partial charge >= 0.3 is 0 Å². The third-order valence-electron chi connectivity index (χ3n) is 3.84. The van der Waals surface area contributed by atoms with E-state index >= 15 is 0 Å². The van der Waals surface area contributed by atoms with Crippen molar-refractivity contribution in [2.75, 3.05) is 24.7 Å².